The Morgan fingerprint density at radius 2 is 1.71 bits per heavy atom. The predicted molar refractivity (Wildman–Crippen MR) is 83.6 cm³/mol. The van der Waals surface area contributed by atoms with Crippen molar-refractivity contribution in [2.45, 2.75) is 31.1 Å². The van der Waals surface area contributed by atoms with Gasteiger partial charge >= 0.3 is 0 Å². The van der Waals surface area contributed by atoms with Crippen LogP contribution in [0.5, 0.6) is 0 Å². The molecular weight excluding hydrogens is 282 g/mol. The maximum Gasteiger partial charge on any atom is 0.223 e. The Labute approximate surface area is 130 Å². The third kappa shape index (κ3) is 6.83. The Balaban J connectivity index is 2.40. The molecule has 0 unspecified atom stereocenters. The van der Waals surface area contributed by atoms with Crippen molar-refractivity contribution in [3.05, 3.63) is 29.8 Å². The number of nitriles is 2. The molecule has 0 bridgehead atoms. The molecule has 1 aromatic carbocycles. The number of hydrogen-bond acceptors (Lipinski definition) is 4. The summed E-state index contributed by atoms with van der Waals surface area (Å²) in [5.41, 5.74) is 1.22. The fourth-order valence-corrected chi connectivity index (χ4v) is 2.62. The molecular formula is C16H19N3OS. The van der Waals surface area contributed by atoms with Gasteiger partial charge in [-0.2, -0.15) is 10.5 Å². The van der Waals surface area contributed by atoms with Crippen molar-refractivity contribution in [2.75, 3.05) is 18.8 Å². The molecule has 21 heavy (non-hydrogen) atoms. The minimum Gasteiger partial charge on any atom is -0.341 e. The van der Waals surface area contributed by atoms with E-state index >= 15 is 0 Å². The molecule has 0 heterocycles. The summed E-state index contributed by atoms with van der Waals surface area (Å²) < 4.78 is 0. The second-order valence-corrected chi connectivity index (χ2v) is 5.78. The van der Waals surface area contributed by atoms with Crippen molar-refractivity contribution in [3.63, 3.8) is 0 Å². The first-order valence-electron chi connectivity index (χ1n) is 6.88. The van der Waals surface area contributed by atoms with Crippen LogP contribution in [0.4, 0.5) is 0 Å². The number of nitrogens with zero attached hydrogens (tertiary/aromatic N) is 3. The average Bonchev–Trinajstić information content (AvgIpc) is 2.49. The molecule has 0 aliphatic rings. The van der Waals surface area contributed by atoms with Crippen LogP contribution in [-0.2, 0) is 4.79 Å². The molecule has 110 valence electrons. The van der Waals surface area contributed by atoms with E-state index in [0.717, 1.165) is 4.90 Å². The topological polar surface area (TPSA) is 67.9 Å². The summed E-state index contributed by atoms with van der Waals surface area (Å²) in [4.78, 5) is 14.9. The molecule has 0 radical (unpaired) electrons. The molecule has 0 aliphatic carbocycles. The van der Waals surface area contributed by atoms with Crippen molar-refractivity contribution in [2.24, 2.45) is 0 Å². The van der Waals surface area contributed by atoms with Gasteiger partial charge in [-0.1, -0.05) is 17.7 Å². The van der Waals surface area contributed by atoms with Gasteiger partial charge in [-0.3, -0.25) is 4.79 Å². The predicted octanol–water partition coefficient (Wildman–Crippen LogP) is 3.13. The molecule has 0 N–H and O–H groups in total. The third-order valence-corrected chi connectivity index (χ3v) is 3.96. The fourth-order valence-electron chi connectivity index (χ4n) is 1.78. The largest absolute Gasteiger partial charge is 0.341 e. The van der Waals surface area contributed by atoms with Crippen LogP contribution >= 0.6 is 11.8 Å². The fraction of sp³-hybridized carbons (Fsp3) is 0.438. The van der Waals surface area contributed by atoms with E-state index in [1.165, 1.54) is 5.56 Å². The second-order valence-electron chi connectivity index (χ2n) is 4.61. The zero-order valence-corrected chi connectivity index (χ0v) is 13.0. The molecule has 1 aromatic rings. The van der Waals surface area contributed by atoms with Crippen molar-refractivity contribution >= 4 is 17.7 Å². The average molecular weight is 301 g/mol. The molecule has 0 fully saturated rings. The van der Waals surface area contributed by atoms with Gasteiger partial charge in [0, 0.05) is 30.2 Å². The molecule has 0 aliphatic heterocycles. The highest BCUT2D eigenvalue weighted by Gasteiger charge is 2.12. The highest BCUT2D eigenvalue weighted by molar-refractivity contribution is 7.99. The first-order valence-corrected chi connectivity index (χ1v) is 7.87. The van der Waals surface area contributed by atoms with E-state index in [0.29, 0.717) is 38.1 Å². The summed E-state index contributed by atoms with van der Waals surface area (Å²) >= 11 is 1.65. The minimum absolute atomic E-state index is 0.0140. The molecule has 0 spiro atoms. The molecule has 0 aromatic heterocycles. The van der Waals surface area contributed by atoms with Gasteiger partial charge in [0.25, 0.3) is 0 Å². The van der Waals surface area contributed by atoms with Crippen LogP contribution < -0.4 is 0 Å². The number of thioether (sulfide) groups is 1. The van der Waals surface area contributed by atoms with Gasteiger partial charge in [0.2, 0.25) is 5.91 Å². The molecule has 5 heteroatoms. The maximum atomic E-state index is 12.1. The van der Waals surface area contributed by atoms with Crippen molar-refractivity contribution in [3.8, 4) is 12.1 Å². The van der Waals surface area contributed by atoms with E-state index in [1.807, 2.05) is 31.2 Å². The summed E-state index contributed by atoms with van der Waals surface area (Å²) in [6.45, 7) is 2.86. The lowest BCUT2D eigenvalue weighted by atomic mass is 10.2. The first-order chi connectivity index (χ1) is 10.2. The molecule has 1 rings (SSSR count). The Hall–Kier alpha value is -1.98. The van der Waals surface area contributed by atoms with Crippen LogP contribution in [0.15, 0.2) is 29.2 Å². The quantitative estimate of drug-likeness (QED) is 0.692. The van der Waals surface area contributed by atoms with Gasteiger partial charge in [0.1, 0.15) is 0 Å². The van der Waals surface area contributed by atoms with Gasteiger partial charge in [-0.05, 0) is 19.1 Å². The molecule has 0 saturated heterocycles. The Kier molecular flexibility index (Phi) is 8.01. The van der Waals surface area contributed by atoms with Gasteiger partial charge in [0.15, 0.2) is 0 Å². The second kappa shape index (κ2) is 9.85. The number of carbonyl (C=O) groups is 1. The summed E-state index contributed by atoms with van der Waals surface area (Å²) in [5, 5.41) is 17.2. The van der Waals surface area contributed by atoms with E-state index in [1.54, 1.807) is 16.7 Å². The minimum atomic E-state index is 0.0140. The monoisotopic (exact) mass is 301 g/mol. The van der Waals surface area contributed by atoms with Crippen LogP contribution in [0.1, 0.15) is 24.8 Å². The van der Waals surface area contributed by atoms with E-state index in [-0.39, 0.29) is 5.91 Å². The maximum absolute atomic E-state index is 12.1. The SMILES string of the molecule is Cc1ccc(SCCC(=O)N(CCC#N)CCC#N)cc1. The van der Waals surface area contributed by atoms with E-state index in [4.69, 9.17) is 10.5 Å². The molecule has 0 saturated carbocycles. The number of aryl methyl sites for hydroxylation is 1. The third-order valence-electron chi connectivity index (χ3n) is 2.95. The summed E-state index contributed by atoms with van der Waals surface area (Å²) in [5.74, 6) is 0.720. The van der Waals surface area contributed by atoms with Crippen LogP contribution in [-0.4, -0.2) is 29.6 Å². The summed E-state index contributed by atoms with van der Waals surface area (Å²) in [6, 6.07) is 12.3. The number of rotatable bonds is 8. The zero-order valence-electron chi connectivity index (χ0n) is 12.2. The van der Waals surface area contributed by atoms with Crippen LogP contribution in [0.3, 0.4) is 0 Å². The lowest BCUT2D eigenvalue weighted by Gasteiger charge is -2.20. The van der Waals surface area contributed by atoms with Crippen LogP contribution in [0.2, 0.25) is 0 Å². The molecule has 0 atom stereocenters. The highest BCUT2D eigenvalue weighted by atomic mass is 32.2. The Morgan fingerprint density at radius 1 is 1.14 bits per heavy atom. The van der Waals surface area contributed by atoms with Gasteiger partial charge in [-0.15, -0.1) is 11.8 Å². The van der Waals surface area contributed by atoms with Gasteiger partial charge < -0.3 is 4.90 Å². The van der Waals surface area contributed by atoms with Gasteiger partial charge in [0.05, 0.1) is 25.0 Å². The van der Waals surface area contributed by atoms with Gasteiger partial charge in [-0.25, -0.2) is 0 Å². The number of benzene rings is 1. The normalized spacial score (nSPS) is 9.67. The molecule has 1 amide bonds. The lowest BCUT2D eigenvalue weighted by Crippen LogP contribution is -2.32. The Morgan fingerprint density at radius 3 is 2.24 bits per heavy atom. The highest BCUT2D eigenvalue weighted by Crippen LogP contribution is 2.19. The first kappa shape index (κ1) is 17.1. The Bertz CT molecular complexity index is 510. The van der Waals surface area contributed by atoms with Crippen LogP contribution in [0, 0.1) is 29.6 Å². The van der Waals surface area contributed by atoms with Crippen molar-refractivity contribution < 1.29 is 4.79 Å². The number of amides is 1. The van der Waals surface area contributed by atoms with E-state index < -0.39 is 0 Å². The van der Waals surface area contributed by atoms with Crippen LogP contribution in [0.25, 0.3) is 0 Å². The van der Waals surface area contributed by atoms with E-state index in [2.05, 4.69) is 12.1 Å². The van der Waals surface area contributed by atoms with Crippen molar-refractivity contribution in [1.29, 1.82) is 10.5 Å². The summed E-state index contributed by atoms with van der Waals surface area (Å²) in [7, 11) is 0. The smallest absolute Gasteiger partial charge is 0.223 e. The zero-order chi connectivity index (χ0) is 15.5. The van der Waals surface area contributed by atoms with E-state index in [9.17, 15) is 4.79 Å². The summed E-state index contributed by atoms with van der Waals surface area (Å²) in [6.07, 6.45) is 1.04. The standard InChI is InChI=1S/C16H19N3OS/c1-14-4-6-15(7-5-14)21-13-8-16(20)19(11-2-9-17)12-3-10-18/h4-7H,2-3,8,11-13H2,1H3. The molecule has 4 nitrogen and oxygen atoms in total. The number of hydrogen-bond donors (Lipinski definition) is 0. The van der Waals surface area contributed by atoms with Crippen molar-refractivity contribution in [1.82, 2.24) is 4.90 Å². The number of carbonyl (C=O) groups excluding carboxylic acids is 1. The lowest BCUT2D eigenvalue weighted by molar-refractivity contribution is -0.130.